The van der Waals surface area contributed by atoms with Crippen molar-refractivity contribution in [3.63, 3.8) is 0 Å². The Bertz CT molecular complexity index is 832. The van der Waals surface area contributed by atoms with Crippen LogP contribution in [0, 0.1) is 10.8 Å². The standard InChI is InChI=1S/C26H34O3/c1-25(2,3)17-22(26(4,5)6)18-8-10-19(11-9-18)23(27)16-24(28)20-12-14-21(29-7)15-13-20/h8-15,22H,16-17H2,1-7H3. The molecule has 3 heteroatoms. The number of carbonyl (C=O) groups excluding carboxylic acids is 2. The molecule has 3 nitrogen and oxygen atoms in total. The first-order valence-corrected chi connectivity index (χ1v) is 10.2. The number of carbonyl (C=O) groups is 2. The Morgan fingerprint density at radius 1 is 0.793 bits per heavy atom. The van der Waals surface area contributed by atoms with Gasteiger partial charge in [-0.05, 0) is 53.0 Å². The molecular weight excluding hydrogens is 360 g/mol. The molecule has 29 heavy (non-hydrogen) atoms. The molecule has 0 amide bonds. The highest BCUT2D eigenvalue weighted by atomic mass is 16.5. The molecule has 2 rings (SSSR count). The smallest absolute Gasteiger partial charge is 0.170 e. The summed E-state index contributed by atoms with van der Waals surface area (Å²) >= 11 is 0. The van der Waals surface area contributed by atoms with Crippen LogP contribution in [0.15, 0.2) is 48.5 Å². The molecule has 0 saturated carbocycles. The zero-order chi connectivity index (χ0) is 21.8. The van der Waals surface area contributed by atoms with Crippen LogP contribution in [0.5, 0.6) is 5.75 Å². The first-order chi connectivity index (χ1) is 13.4. The number of hydrogen-bond donors (Lipinski definition) is 0. The van der Waals surface area contributed by atoms with Gasteiger partial charge in [0.05, 0.1) is 13.5 Å². The molecule has 0 bridgehead atoms. The Morgan fingerprint density at radius 2 is 1.24 bits per heavy atom. The summed E-state index contributed by atoms with van der Waals surface area (Å²) in [5, 5.41) is 0. The SMILES string of the molecule is COc1ccc(C(=O)CC(=O)c2ccc(C(CC(C)(C)C)C(C)(C)C)cc2)cc1. The molecule has 0 spiro atoms. The van der Waals surface area contributed by atoms with Gasteiger partial charge in [-0.1, -0.05) is 65.8 Å². The third-order valence-electron chi connectivity index (χ3n) is 5.23. The molecule has 0 radical (unpaired) electrons. The first kappa shape index (κ1) is 22.9. The number of methoxy groups -OCH3 is 1. The Morgan fingerprint density at radius 3 is 1.62 bits per heavy atom. The minimum absolute atomic E-state index is 0.128. The number of hydrogen-bond acceptors (Lipinski definition) is 3. The Labute approximate surface area is 175 Å². The van der Waals surface area contributed by atoms with E-state index in [1.807, 2.05) is 24.3 Å². The molecule has 0 N–H and O–H groups in total. The lowest BCUT2D eigenvalue weighted by molar-refractivity contribution is 0.0894. The number of rotatable bonds is 7. The zero-order valence-electron chi connectivity index (χ0n) is 18.8. The van der Waals surface area contributed by atoms with Crippen LogP contribution >= 0.6 is 0 Å². The predicted molar refractivity (Wildman–Crippen MR) is 119 cm³/mol. The van der Waals surface area contributed by atoms with Crippen molar-refractivity contribution in [2.75, 3.05) is 7.11 Å². The van der Waals surface area contributed by atoms with Crippen LogP contribution in [0.25, 0.3) is 0 Å². The quantitative estimate of drug-likeness (QED) is 0.387. The molecule has 0 aliphatic carbocycles. The summed E-state index contributed by atoms with van der Waals surface area (Å²) in [5.41, 5.74) is 2.69. The molecule has 1 atom stereocenters. The van der Waals surface area contributed by atoms with E-state index in [1.54, 1.807) is 31.4 Å². The highest BCUT2D eigenvalue weighted by Crippen LogP contribution is 2.43. The average molecular weight is 395 g/mol. The fourth-order valence-electron chi connectivity index (χ4n) is 3.56. The fourth-order valence-corrected chi connectivity index (χ4v) is 3.56. The van der Waals surface area contributed by atoms with Gasteiger partial charge in [0, 0.05) is 11.1 Å². The summed E-state index contributed by atoms with van der Waals surface area (Å²) < 4.78 is 5.11. The number of Topliss-reactive ketones (excluding diaryl/α,β-unsaturated/α-hetero) is 2. The van der Waals surface area contributed by atoms with Crippen LogP contribution in [0.4, 0.5) is 0 Å². The van der Waals surface area contributed by atoms with E-state index < -0.39 is 0 Å². The maximum atomic E-state index is 12.6. The Hall–Kier alpha value is -2.42. The highest BCUT2D eigenvalue weighted by Gasteiger charge is 2.30. The minimum atomic E-state index is -0.179. The monoisotopic (exact) mass is 394 g/mol. The lowest BCUT2D eigenvalue weighted by atomic mass is 9.69. The molecule has 1 unspecified atom stereocenters. The third-order valence-corrected chi connectivity index (χ3v) is 5.23. The molecule has 0 saturated heterocycles. The lowest BCUT2D eigenvalue weighted by Crippen LogP contribution is -2.23. The second-order valence-corrected chi connectivity index (χ2v) is 10.1. The molecular formula is C26H34O3. The van der Waals surface area contributed by atoms with Crippen LogP contribution < -0.4 is 4.74 Å². The van der Waals surface area contributed by atoms with E-state index in [2.05, 4.69) is 41.5 Å². The van der Waals surface area contributed by atoms with Crippen molar-refractivity contribution in [3.8, 4) is 5.75 Å². The van der Waals surface area contributed by atoms with E-state index in [4.69, 9.17) is 4.74 Å². The number of ketones is 2. The number of ether oxygens (including phenoxy) is 1. The summed E-state index contributed by atoms with van der Waals surface area (Å²) in [4.78, 5) is 25.0. The van der Waals surface area contributed by atoms with E-state index in [0.717, 1.165) is 6.42 Å². The van der Waals surface area contributed by atoms with E-state index in [1.165, 1.54) is 5.56 Å². The molecule has 0 aromatic heterocycles. The van der Waals surface area contributed by atoms with Crippen LogP contribution in [-0.4, -0.2) is 18.7 Å². The first-order valence-electron chi connectivity index (χ1n) is 10.2. The van der Waals surface area contributed by atoms with Crippen molar-refractivity contribution in [1.82, 2.24) is 0 Å². The Kier molecular flexibility index (Phi) is 7.05. The van der Waals surface area contributed by atoms with Crippen molar-refractivity contribution in [1.29, 1.82) is 0 Å². The summed E-state index contributed by atoms with van der Waals surface area (Å²) in [5.74, 6) is 0.752. The van der Waals surface area contributed by atoms with Crippen LogP contribution in [0.2, 0.25) is 0 Å². The molecule has 0 heterocycles. The molecule has 2 aromatic carbocycles. The maximum Gasteiger partial charge on any atom is 0.170 e. The van der Waals surface area contributed by atoms with Gasteiger partial charge in [0.25, 0.3) is 0 Å². The van der Waals surface area contributed by atoms with Crippen LogP contribution in [-0.2, 0) is 0 Å². The van der Waals surface area contributed by atoms with Crippen molar-refractivity contribution in [2.24, 2.45) is 10.8 Å². The minimum Gasteiger partial charge on any atom is -0.497 e. The van der Waals surface area contributed by atoms with Gasteiger partial charge < -0.3 is 4.74 Å². The fraction of sp³-hybridized carbons (Fsp3) is 0.462. The van der Waals surface area contributed by atoms with Gasteiger partial charge in [-0.25, -0.2) is 0 Å². The highest BCUT2D eigenvalue weighted by molar-refractivity contribution is 6.13. The van der Waals surface area contributed by atoms with Crippen LogP contribution in [0.3, 0.4) is 0 Å². The van der Waals surface area contributed by atoms with Crippen molar-refractivity contribution in [3.05, 3.63) is 65.2 Å². The second kappa shape index (κ2) is 8.94. The Balaban J connectivity index is 2.13. The largest absolute Gasteiger partial charge is 0.497 e. The van der Waals surface area contributed by atoms with Gasteiger partial charge in [0.15, 0.2) is 11.6 Å². The van der Waals surface area contributed by atoms with Gasteiger partial charge >= 0.3 is 0 Å². The zero-order valence-corrected chi connectivity index (χ0v) is 18.8. The molecule has 2 aromatic rings. The van der Waals surface area contributed by atoms with Gasteiger partial charge in [-0.2, -0.15) is 0 Å². The normalized spacial score (nSPS) is 13.1. The average Bonchev–Trinajstić information content (AvgIpc) is 2.64. The van der Waals surface area contributed by atoms with Crippen molar-refractivity contribution >= 4 is 11.6 Å². The summed E-state index contributed by atoms with van der Waals surface area (Å²) in [6, 6.07) is 14.7. The molecule has 0 aliphatic rings. The molecule has 0 fully saturated rings. The maximum absolute atomic E-state index is 12.6. The number of benzene rings is 2. The van der Waals surface area contributed by atoms with Gasteiger partial charge in [-0.15, -0.1) is 0 Å². The summed E-state index contributed by atoms with van der Waals surface area (Å²) in [6.07, 6.45) is 0.941. The predicted octanol–water partition coefficient (Wildman–Crippen LogP) is 6.72. The van der Waals surface area contributed by atoms with E-state index in [9.17, 15) is 9.59 Å². The van der Waals surface area contributed by atoms with Crippen molar-refractivity contribution in [2.45, 2.75) is 60.3 Å². The summed E-state index contributed by atoms with van der Waals surface area (Å²) in [7, 11) is 1.58. The van der Waals surface area contributed by atoms with Gasteiger partial charge in [0.2, 0.25) is 0 Å². The van der Waals surface area contributed by atoms with Crippen LogP contribution in [0.1, 0.15) is 86.6 Å². The van der Waals surface area contributed by atoms with Crippen molar-refractivity contribution < 1.29 is 14.3 Å². The van der Waals surface area contributed by atoms with E-state index >= 15 is 0 Å². The topological polar surface area (TPSA) is 43.4 Å². The van der Waals surface area contributed by atoms with Gasteiger partial charge in [0.1, 0.15) is 5.75 Å². The molecule has 156 valence electrons. The van der Waals surface area contributed by atoms with Gasteiger partial charge in [-0.3, -0.25) is 9.59 Å². The second-order valence-electron chi connectivity index (χ2n) is 10.1. The lowest BCUT2D eigenvalue weighted by Gasteiger charge is -2.36. The van der Waals surface area contributed by atoms with E-state index in [-0.39, 0.29) is 28.8 Å². The third kappa shape index (κ3) is 6.56. The summed E-state index contributed by atoms with van der Waals surface area (Å²) in [6.45, 7) is 13.6. The van der Waals surface area contributed by atoms with E-state index in [0.29, 0.717) is 22.8 Å². The molecule has 0 aliphatic heterocycles.